The van der Waals surface area contributed by atoms with Gasteiger partial charge in [0.2, 0.25) is 0 Å². The van der Waals surface area contributed by atoms with E-state index in [1.807, 2.05) is 13.8 Å². The van der Waals surface area contributed by atoms with Gasteiger partial charge in [-0.3, -0.25) is 9.69 Å². The first-order valence-corrected chi connectivity index (χ1v) is 6.94. The van der Waals surface area contributed by atoms with Gasteiger partial charge in [-0.05, 0) is 36.6 Å². The SMILES string of the molecule is CC1=N/C(=C\c2cc(F)c(O)c(Cl)c2)C(=O)N1CC(C)C. The second kappa shape index (κ2) is 5.85. The monoisotopic (exact) mass is 310 g/mol. The van der Waals surface area contributed by atoms with Crippen molar-refractivity contribution in [3.63, 3.8) is 0 Å². The lowest BCUT2D eigenvalue weighted by molar-refractivity contribution is -0.123. The van der Waals surface area contributed by atoms with Gasteiger partial charge in [0.1, 0.15) is 11.5 Å². The second-order valence-corrected chi connectivity index (χ2v) is 5.74. The number of aromatic hydroxyl groups is 1. The third-order valence-electron chi connectivity index (χ3n) is 3.03. The molecule has 0 spiro atoms. The van der Waals surface area contributed by atoms with Crippen LogP contribution in [0.1, 0.15) is 26.3 Å². The number of hydrogen-bond acceptors (Lipinski definition) is 3. The number of aliphatic imine (C=N–C) groups is 1. The zero-order valence-corrected chi connectivity index (χ0v) is 12.8. The van der Waals surface area contributed by atoms with Crippen molar-refractivity contribution in [1.29, 1.82) is 0 Å². The lowest BCUT2D eigenvalue weighted by Crippen LogP contribution is -2.33. The van der Waals surface area contributed by atoms with Gasteiger partial charge < -0.3 is 5.11 Å². The maximum Gasteiger partial charge on any atom is 0.277 e. The van der Waals surface area contributed by atoms with E-state index in [2.05, 4.69) is 4.99 Å². The van der Waals surface area contributed by atoms with E-state index in [0.717, 1.165) is 6.07 Å². The number of nitrogens with zero attached hydrogens (tertiary/aromatic N) is 2. The highest BCUT2D eigenvalue weighted by Crippen LogP contribution is 2.29. The molecule has 1 aliphatic heterocycles. The van der Waals surface area contributed by atoms with Gasteiger partial charge in [0.15, 0.2) is 11.6 Å². The largest absolute Gasteiger partial charge is 0.504 e. The fourth-order valence-electron chi connectivity index (χ4n) is 2.07. The molecule has 1 aromatic rings. The summed E-state index contributed by atoms with van der Waals surface area (Å²) in [5.41, 5.74) is 0.607. The topological polar surface area (TPSA) is 52.9 Å². The molecule has 0 radical (unpaired) electrons. The van der Waals surface area contributed by atoms with Gasteiger partial charge in [-0.15, -0.1) is 0 Å². The van der Waals surface area contributed by atoms with Crippen LogP contribution in [0.15, 0.2) is 22.8 Å². The Morgan fingerprint density at radius 2 is 2.14 bits per heavy atom. The molecule has 0 unspecified atom stereocenters. The first-order chi connectivity index (χ1) is 9.79. The van der Waals surface area contributed by atoms with Crippen LogP contribution in [0, 0.1) is 11.7 Å². The Hall–Kier alpha value is -1.88. The predicted molar refractivity (Wildman–Crippen MR) is 80.7 cm³/mol. The lowest BCUT2D eigenvalue weighted by atomic mass is 10.1. The number of amides is 1. The highest BCUT2D eigenvalue weighted by molar-refractivity contribution is 6.32. The van der Waals surface area contributed by atoms with Crippen LogP contribution in [0.5, 0.6) is 5.75 Å². The van der Waals surface area contributed by atoms with Crippen LogP contribution in [0.3, 0.4) is 0 Å². The molecule has 21 heavy (non-hydrogen) atoms. The number of carbonyl (C=O) groups is 1. The van der Waals surface area contributed by atoms with Gasteiger partial charge >= 0.3 is 0 Å². The molecule has 1 heterocycles. The summed E-state index contributed by atoms with van der Waals surface area (Å²) in [6.07, 6.45) is 1.46. The van der Waals surface area contributed by atoms with Crippen molar-refractivity contribution >= 4 is 29.4 Å². The quantitative estimate of drug-likeness (QED) is 0.869. The van der Waals surface area contributed by atoms with E-state index >= 15 is 0 Å². The number of phenolic OH excluding ortho intramolecular Hbond substituents is 1. The third-order valence-corrected chi connectivity index (χ3v) is 3.32. The van der Waals surface area contributed by atoms with E-state index in [1.165, 1.54) is 12.1 Å². The Balaban J connectivity index is 2.33. The van der Waals surface area contributed by atoms with Crippen molar-refractivity contribution in [1.82, 2.24) is 4.90 Å². The maximum absolute atomic E-state index is 13.4. The molecule has 2 rings (SSSR count). The first-order valence-electron chi connectivity index (χ1n) is 6.56. The molecule has 0 atom stereocenters. The first kappa shape index (κ1) is 15.5. The zero-order chi connectivity index (χ0) is 15.7. The molecule has 112 valence electrons. The smallest absolute Gasteiger partial charge is 0.277 e. The van der Waals surface area contributed by atoms with Gasteiger partial charge in [-0.1, -0.05) is 25.4 Å². The van der Waals surface area contributed by atoms with Gasteiger partial charge in [0.05, 0.1) is 5.02 Å². The Labute approximate surface area is 127 Å². The Bertz CT molecular complexity index is 630. The van der Waals surface area contributed by atoms with Crippen LogP contribution < -0.4 is 0 Å². The van der Waals surface area contributed by atoms with Crippen LogP contribution in [-0.4, -0.2) is 28.3 Å². The zero-order valence-electron chi connectivity index (χ0n) is 12.0. The molecule has 1 aliphatic rings. The molecule has 6 heteroatoms. The minimum atomic E-state index is -0.834. The molecular formula is C15H16ClFN2O2. The molecule has 0 aliphatic carbocycles. The molecule has 4 nitrogen and oxygen atoms in total. The van der Waals surface area contributed by atoms with Crippen molar-refractivity contribution in [2.24, 2.45) is 10.9 Å². The van der Waals surface area contributed by atoms with Gasteiger partial charge in [0.25, 0.3) is 5.91 Å². The maximum atomic E-state index is 13.4. The van der Waals surface area contributed by atoms with E-state index in [4.69, 9.17) is 11.6 Å². The van der Waals surface area contributed by atoms with Crippen LogP contribution in [-0.2, 0) is 4.79 Å². The van der Waals surface area contributed by atoms with E-state index in [0.29, 0.717) is 23.9 Å². The van der Waals surface area contributed by atoms with Crippen LogP contribution in [0.2, 0.25) is 5.02 Å². The van der Waals surface area contributed by atoms with Gasteiger partial charge in [-0.25, -0.2) is 9.38 Å². The van der Waals surface area contributed by atoms with Crippen molar-refractivity contribution < 1.29 is 14.3 Å². The van der Waals surface area contributed by atoms with Crippen molar-refractivity contribution in [3.8, 4) is 5.75 Å². The standard InChI is InChI=1S/C15H16ClFN2O2/c1-8(2)7-19-9(3)18-13(15(19)21)6-10-4-11(16)14(20)12(17)5-10/h4-6,8,20H,7H2,1-3H3/b13-6-. The average Bonchev–Trinajstić information content (AvgIpc) is 2.63. The van der Waals surface area contributed by atoms with Crippen molar-refractivity contribution in [2.45, 2.75) is 20.8 Å². The summed E-state index contributed by atoms with van der Waals surface area (Å²) < 4.78 is 13.4. The number of rotatable bonds is 3. The molecule has 0 fully saturated rings. The van der Waals surface area contributed by atoms with Crippen LogP contribution >= 0.6 is 11.6 Å². The minimum absolute atomic E-state index is 0.105. The molecule has 1 amide bonds. The van der Waals surface area contributed by atoms with Crippen molar-refractivity contribution in [3.05, 3.63) is 34.2 Å². The van der Waals surface area contributed by atoms with E-state index < -0.39 is 11.6 Å². The Kier molecular flexibility index (Phi) is 4.32. The number of phenols is 1. The molecule has 0 aromatic heterocycles. The second-order valence-electron chi connectivity index (χ2n) is 5.33. The number of halogens is 2. The summed E-state index contributed by atoms with van der Waals surface area (Å²) >= 11 is 5.72. The number of amidine groups is 1. The van der Waals surface area contributed by atoms with Crippen LogP contribution in [0.4, 0.5) is 4.39 Å². The third kappa shape index (κ3) is 3.24. The normalized spacial score (nSPS) is 17.0. The molecule has 0 bridgehead atoms. The Morgan fingerprint density at radius 3 is 2.71 bits per heavy atom. The molecule has 0 saturated carbocycles. The summed E-state index contributed by atoms with van der Waals surface area (Å²) in [7, 11) is 0. The predicted octanol–water partition coefficient (Wildman–Crippen LogP) is 3.44. The summed E-state index contributed by atoms with van der Waals surface area (Å²) in [4.78, 5) is 18.1. The number of carbonyl (C=O) groups excluding carboxylic acids is 1. The molecule has 0 saturated heterocycles. The summed E-state index contributed by atoms with van der Waals surface area (Å²) in [6.45, 7) is 6.36. The van der Waals surface area contributed by atoms with E-state index in [1.54, 1.807) is 11.8 Å². The summed E-state index contributed by atoms with van der Waals surface area (Å²) in [5.74, 6) is -0.715. The van der Waals surface area contributed by atoms with Crippen LogP contribution in [0.25, 0.3) is 6.08 Å². The molecular weight excluding hydrogens is 295 g/mol. The minimum Gasteiger partial charge on any atom is -0.504 e. The fraction of sp³-hybridized carbons (Fsp3) is 0.333. The Morgan fingerprint density at radius 1 is 1.48 bits per heavy atom. The van der Waals surface area contributed by atoms with Gasteiger partial charge in [0, 0.05) is 6.54 Å². The van der Waals surface area contributed by atoms with E-state index in [-0.39, 0.29) is 16.6 Å². The molecule has 1 aromatic carbocycles. The highest BCUT2D eigenvalue weighted by atomic mass is 35.5. The number of hydrogen-bond donors (Lipinski definition) is 1. The highest BCUT2D eigenvalue weighted by Gasteiger charge is 2.27. The van der Waals surface area contributed by atoms with E-state index in [9.17, 15) is 14.3 Å². The lowest BCUT2D eigenvalue weighted by Gasteiger charge is -2.17. The average molecular weight is 311 g/mol. The number of benzene rings is 1. The van der Waals surface area contributed by atoms with Crippen molar-refractivity contribution in [2.75, 3.05) is 6.54 Å². The van der Waals surface area contributed by atoms with Gasteiger partial charge in [-0.2, -0.15) is 0 Å². The molecule has 1 N–H and O–H groups in total. The summed E-state index contributed by atoms with van der Waals surface area (Å²) in [5, 5.41) is 9.19. The fourth-order valence-corrected chi connectivity index (χ4v) is 2.28. The summed E-state index contributed by atoms with van der Waals surface area (Å²) in [6, 6.07) is 2.49.